The summed E-state index contributed by atoms with van der Waals surface area (Å²) < 4.78 is 13.6. The van der Waals surface area contributed by atoms with Gasteiger partial charge in [-0.05, 0) is 76.8 Å². The number of fused-ring (bicyclic) bond motifs is 1. The molecule has 0 atom stereocenters. The van der Waals surface area contributed by atoms with Gasteiger partial charge in [0.15, 0.2) is 0 Å². The summed E-state index contributed by atoms with van der Waals surface area (Å²) in [5, 5.41) is 14.1. The number of aliphatic hydroxyl groups is 1. The number of carbonyl (C=O) groups is 3. The van der Waals surface area contributed by atoms with Crippen molar-refractivity contribution in [3.05, 3.63) is 52.1 Å². The SMILES string of the molecule is CCCC=O.CN(C)C.Cc1[nH]c(/C=C2\C(=O)Nc3ccc(F)cc32)c(C)c1CC(=O)NCCO. The molecule has 192 valence electrons. The highest BCUT2D eigenvalue weighted by atomic mass is 19.1. The maximum atomic E-state index is 13.6. The first kappa shape index (κ1) is 29.7. The minimum absolute atomic E-state index is 0.112. The van der Waals surface area contributed by atoms with E-state index in [1.807, 2.05) is 46.8 Å². The smallest absolute Gasteiger partial charge is 0.256 e. The van der Waals surface area contributed by atoms with Gasteiger partial charge in [0.05, 0.1) is 18.6 Å². The van der Waals surface area contributed by atoms with Crippen LogP contribution in [0.25, 0.3) is 11.6 Å². The van der Waals surface area contributed by atoms with E-state index in [1.54, 1.807) is 6.08 Å². The number of amides is 2. The first-order chi connectivity index (χ1) is 16.5. The van der Waals surface area contributed by atoms with Gasteiger partial charge in [-0.25, -0.2) is 4.39 Å². The largest absolute Gasteiger partial charge is 0.395 e. The lowest BCUT2D eigenvalue weighted by atomic mass is 10.0. The number of nitrogens with zero attached hydrogens (tertiary/aromatic N) is 1. The average molecular weight is 489 g/mol. The Kier molecular flexibility index (Phi) is 12.6. The lowest BCUT2D eigenvalue weighted by molar-refractivity contribution is -0.120. The van der Waals surface area contributed by atoms with Crippen molar-refractivity contribution in [3.8, 4) is 0 Å². The molecule has 1 aromatic carbocycles. The van der Waals surface area contributed by atoms with Crippen LogP contribution in [-0.4, -0.2) is 67.4 Å². The van der Waals surface area contributed by atoms with Crippen LogP contribution in [0.15, 0.2) is 18.2 Å². The molecule has 9 heteroatoms. The number of aldehydes is 1. The number of hydrogen-bond acceptors (Lipinski definition) is 5. The van der Waals surface area contributed by atoms with Crippen molar-refractivity contribution in [3.63, 3.8) is 0 Å². The summed E-state index contributed by atoms with van der Waals surface area (Å²) in [6.45, 7) is 5.80. The van der Waals surface area contributed by atoms with Crippen molar-refractivity contribution >= 4 is 35.4 Å². The predicted molar refractivity (Wildman–Crippen MR) is 138 cm³/mol. The Bertz CT molecular complexity index is 1040. The summed E-state index contributed by atoms with van der Waals surface area (Å²) in [4.78, 5) is 38.8. The summed E-state index contributed by atoms with van der Waals surface area (Å²) >= 11 is 0. The van der Waals surface area contributed by atoms with Crippen LogP contribution < -0.4 is 10.6 Å². The number of carbonyl (C=O) groups excluding carboxylic acids is 3. The molecule has 1 aromatic heterocycles. The number of nitrogens with one attached hydrogen (secondary N) is 3. The molecule has 2 heterocycles. The normalized spacial score (nSPS) is 12.8. The van der Waals surface area contributed by atoms with Crippen molar-refractivity contribution in [1.82, 2.24) is 15.2 Å². The second kappa shape index (κ2) is 14.9. The van der Waals surface area contributed by atoms with Crippen LogP contribution in [0, 0.1) is 19.7 Å². The Hall–Kier alpha value is -3.30. The van der Waals surface area contributed by atoms with E-state index < -0.39 is 5.82 Å². The van der Waals surface area contributed by atoms with E-state index in [1.165, 1.54) is 18.2 Å². The van der Waals surface area contributed by atoms with E-state index in [0.29, 0.717) is 28.9 Å². The highest BCUT2D eigenvalue weighted by Gasteiger charge is 2.25. The monoisotopic (exact) mass is 488 g/mol. The van der Waals surface area contributed by atoms with Crippen LogP contribution in [0.4, 0.5) is 10.1 Å². The molecule has 0 aliphatic carbocycles. The Balaban J connectivity index is 0.000000585. The molecule has 1 aliphatic rings. The fourth-order valence-electron chi connectivity index (χ4n) is 3.21. The molecule has 4 N–H and O–H groups in total. The Morgan fingerprint density at radius 3 is 2.43 bits per heavy atom. The number of H-pyrrole nitrogens is 1. The predicted octanol–water partition coefficient (Wildman–Crippen LogP) is 3.08. The second-order valence-electron chi connectivity index (χ2n) is 8.52. The fraction of sp³-hybridized carbons (Fsp3) is 0.423. The number of aliphatic hydroxyl groups excluding tert-OH is 1. The number of anilines is 1. The number of aromatic nitrogens is 1. The van der Waals surface area contributed by atoms with Gasteiger partial charge in [-0.2, -0.15) is 0 Å². The molecule has 0 saturated heterocycles. The van der Waals surface area contributed by atoms with Crippen LogP contribution >= 0.6 is 0 Å². The van der Waals surface area contributed by atoms with Crippen LogP contribution in [-0.2, 0) is 20.8 Å². The number of aryl methyl sites for hydroxylation is 1. The standard InChI is InChI=1S/C19H20FN3O3.C4H8O.C3H9N/c1-10-13(9-18(25)21-5-6-24)11(2)22-17(10)8-15-14-7-12(20)3-4-16(14)23-19(15)26;1-2-3-4-5;1-4(2)3/h3-4,7-8,22,24H,5-6,9H2,1-2H3,(H,21,25)(H,23,26);4H,2-3H2,1H3;1-3H3/b15-8-;;. The van der Waals surface area contributed by atoms with Crippen molar-refractivity contribution in [1.29, 1.82) is 0 Å². The van der Waals surface area contributed by atoms with Crippen molar-refractivity contribution < 1.29 is 23.9 Å². The third-order valence-corrected chi connectivity index (χ3v) is 4.86. The molecule has 2 aromatic rings. The first-order valence-corrected chi connectivity index (χ1v) is 11.5. The van der Waals surface area contributed by atoms with E-state index >= 15 is 0 Å². The quantitative estimate of drug-likeness (QED) is 0.353. The van der Waals surface area contributed by atoms with Gasteiger partial charge >= 0.3 is 0 Å². The van der Waals surface area contributed by atoms with Gasteiger partial charge in [0.1, 0.15) is 12.1 Å². The zero-order valence-corrected chi connectivity index (χ0v) is 21.4. The molecule has 0 fully saturated rings. The van der Waals surface area contributed by atoms with Crippen molar-refractivity contribution in [2.45, 2.75) is 40.0 Å². The van der Waals surface area contributed by atoms with Crippen LogP contribution in [0.1, 0.15) is 47.8 Å². The van der Waals surface area contributed by atoms with E-state index in [2.05, 4.69) is 15.6 Å². The summed E-state index contributed by atoms with van der Waals surface area (Å²) in [7, 11) is 6.00. The van der Waals surface area contributed by atoms with Gasteiger partial charge in [0.2, 0.25) is 5.91 Å². The Morgan fingerprint density at radius 2 is 1.89 bits per heavy atom. The van der Waals surface area contributed by atoms with Crippen LogP contribution in [0.5, 0.6) is 0 Å². The molecular weight excluding hydrogens is 451 g/mol. The molecular formula is C26H37FN4O4. The van der Waals surface area contributed by atoms with Gasteiger partial charge in [0, 0.05) is 35.6 Å². The van der Waals surface area contributed by atoms with Crippen molar-refractivity contribution in [2.75, 3.05) is 39.6 Å². The van der Waals surface area contributed by atoms with Gasteiger partial charge in [-0.15, -0.1) is 0 Å². The summed E-state index contributed by atoms with van der Waals surface area (Å²) in [6.07, 6.45) is 4.47. The third-order valence-electron chi connectivity index (χ3n) is 4.86. The number of aromatic amines is 1. The molecule has 0 unspecified atom stereocenters. The topological polar surface area (TPSA) is 115 Å². The molecule has 0 bridgehead atoms. The molecule has 0 radical (unpaired) electrons. The maximum absolute atomic E-state index is 13.6. The second-order valence-corrected chi connectivity index (χ2v) is 8.52. The van der Waals surface area contributed by atoms with Gasteiger partial charge in [-0.3, -0.25) is 9.59 Å². The molecule has 0 saturated carbocycles. The van der Waals surface area contributed by atoms with E-state index in [0.717, 1.165) is 29.5 Å². The fourth-order valence-corrected chi connectivity index (χ4v) is 3.21. The Morgan fingerprint density at radius 1 is 1.23 bits per heavy atom. The van der Waals surface area contributed by atoms with E-state index in [4.69, 9.17) is 5.11 Å². The summed E-state index contributed by atoms with van der Waals surface area (Å²) in [5.41, 5.74) is 4.69. The lowest BCUT2D eigenvalue weighted by Crippen LogP contribution is -2.28. The molecule has 3 rings (SSSR count). The molecule has 35 heavy (non-hydrogen) atoms. The number of unbranched alkanes of at least 4 members (excludes halogenated alkanes) is 1. The van der Waals surface area contributed by atoms with Crippen molar-refractivity contribution in [2.24, 2.45) is 0 Å². The van der Waals surface area contributed by atoms with Gasteiger partial charge in [-0.1, -0.05) is 6.92 Å². The summed E-state index contributed by atoms with van der Waals surface area (Å²) in [5.74, 6) is -0.888. The third kappa shape index (κ3) is 9.46. The Labute approximate surface area is 206 Å². The first-order valence-electron chi connectivity index (χ1n) is 11.5. The average Bonchev–Trinajstić information content (AvgIpc) is 3.23. The number of benzene rings is 1. The van der Waals surface area contributed by atoms with Crippen LogP contribution in [0.2, 0.25) is 0 Å². The molecule has 8 nitrogen and oxygen atoms in total. The number of hydrogen-bond donors (Lipinski definition) is 4. The molecule has 0 spiro atoms. The van der Waals surface area contributed by atoms with Gasteiger partial charge < -0.3 is 30.4 Å². The maximum Gasteiger partial charge on any atom is 0.256 e. The molecule has 1 aliphatic heterocycles. The zero-order chi connectivity index (χ0) is 26.5. The van der Waals surface area contributed by atoms with E-state index in [-0.39, 0.29) is 31.4 Å². The minimum atomic E-state index is -0.410. The number of halogens is 1. The highest BCUT2D eigenvalue weighted by molar-refractivity contribution is 6.34. The highest BCUT2D eigenvalue weighted by Crippen LogP contribution is 2.34. The summed E-state index contributed by atoms with van der Waals surface area (Å²) in [6, 6.07) is 4.16. The van der Waals surface area contributed by atoms with Crippen LogP contribution in [0.3, 0.4) is 0 Å². The van der Waals surface area contributed by atoms with Gasteiger partial charge in [0.25, 0.3) is 5.91 Å². The minimum Gasteiger partial charge on any atom is -0.395 e. The molecule has 2 amide bonds. The lowest BCUT2D eigenvalue weighted by Gasteiger charge is -2.04. The number of rotatable bonds is 7. The van der Waals surface area contributed by atoms with E-state index in [9.17, 15) is 18.8 Å². The zero-order valence-electron chi connectivity index (χ0n) is 21.4.